The minimum Gasteiger partial charge on any atom is -0.462 e. The number of β-amino-alcohol motifs (C(OH)–C–C–N with tert-alkyl or cyclic N) is 1. The number of ether oxygens (including phenoxy) is 2. The van der Waals surface area contributed by atoms with Gasteiger partial charge in [-0.3, -0.25) is 4.79 Å². The molecule has 1 saturated heterocycles. The van der Waals surface area contributed by atoms with Crippen LogP contribution in [0.4, 0.5) is 4.79 Å². The van der Waals surface area contributed by atoms with Gasteiger partial charge in [-0.2, -0.15) is 0 Å². The van der Waals surface area contributed by atoms with E-state index in [1.807, 2.05) is 0 Å². The van der Waals surface area contributed by atoms with E-state index >= 15 is 0 Å². The summed E-state index contributed by atoms with van der Waals surface area (Å²) in [6, 6.07) is 0. The lowest BCUT2D eigenvalue weighted by atomic mass is 9.79. The van der Waals surface area contributed by atoms with Gasteiger partial charge in [0.05, 0.1) is 19.5 Å². The van der Waals surface area contributed by atoms with Gasteiger partial charge in [-0.1, -0.05) is 41.5 Å². The van der Waals surface area contributed by atoms with Crippen molar-refractivity contribution in [3.05, 3.63) is 0 Å². The van der Waals surface area contributed by atoms with E-state index in [1.54, 1.807) is 20.8 Å². The van der Waals surface area contributed by atoms with Gasteiger partial charge in [-0.05, 0) is 50.9 Å². The molecule has 0 spiro atoms. The fourth-order valence-electron chi connectivity index (χ4n) is 3.74. The van der Waals surface area contributed by atoms with Crippen LogP contribution in [0.2, 0.25) is 0 Å². The molecule has 0 aromatic carbocycles. The summed E-state index contributed by atoms with van der Waals surface area (Å²) in [5, 5.41) is 10.6. The first-order chi connectivity index (χ1) is 12.6. The second-order valence-corrected chi connectivity index (χ2v) is 10.5. The predicted octanol–water partition coefficient (Wildman–Crippen LogP) is 4.24. The molecule has 0 bridgehead atoms. The number of carbonyl (C=O) groups excluding carboxylic acids is 2. The maximum absolute atomic E-state index is 12.6. The number of rotatable bonds is 8. The zero-order valence-electron chi connectivity index (χ0n) is 19.2. The molecular formula is C22H41NO5. The van der Waals surface area contributed by atoms with Crippen molar-refractivity contribution in [2.75, 3.05) is 13.1 Å². The summed E-state index contributed by atoms with van der Waals surface area (Å²) in [7, 11) is 0. The predicted molar refractivity (Wildman–Crippen MR) is 110 cm³/mol. The first-order valence-electron chi connectivity index (χ1n) is 10.5. The van der Waals surface area contributed by atoms with Crippen LogP contribution in [0.5, 0.6) is 0 Å². The van der Waals surface area contributed by atoms with Crippen LogP contribution in [-0.4, -0.2) is 52.5 Å². The van der Waals surface area contributed by atoms with Gasteiger partial charge in [0.2, 0.25) is 0 Å². The van der Waals surface area contributed by atoms with Gasteiger partial charge in [-0.15, -0.1) is 0 Å². The van der Waals surface area contributed by atoms with Gasteiger partial charge < -0.3 is 19.5 Å². The monoisotopic (exact) mass is 399 g/mol. The molecule has 1 N–H and O–H groups in total. The molecule has 1 heterocycles. The number of hydrogen-bond acceptors (Lipinski definition) is 5. The second-order valence-electron chi connectivity index (χ2n) is 10.5. The largest absolute Gasteiger partial charge is 0.462 e. The Morgan fingerprint density at radius 1 is 1.04 bits per heavy atom. The quantitative estimate of drug-likeness (QED) is 0.618. The van der Waals surface area contributed by atoms with Crippen LogP contribution in [0.3, 0.4) is 0 Å². The normalized spacial score (nSPS) is 18.8. The third-order valence-corrected chi connectivity index (χ3v) is 5.04. The average Bonchev–Trinajstić information content (AvgIpc) is 2.45. The molecule has 164 valence electrons. The number of likely N-dealkylation sites (tertiary alicyclic amines) is 1. The summed E-state index contributed by atoms with van der Waals surface area (Å²) in [4.78, 5) is 26.0. The molecule has 1 amide bonds. The van der Waals surface area contributed by atoms with Gasteiger partial charge in [0.1, 0.15) is 17.3 Å². The minimum atomic E-state index is -1.24. The Bertz CT molecular complexity index is 530. The topological polar surface area (TPSA) is 76.1 Å². The Balaban J connectivity index is 2.65. The SMILES string of the molecule is CC(C)CC(C(C)C)C(OC(=O)CC1(O)CN(C(=O)OC(C)(C)C)C1)C(C)C. The molecular weight excluding hydrogens is 358 g/mol. The zero-order valence-corrected chi connectivity index (χ0v) is 19.2. The summed E-state index contributed by atoms with van der Waals surface area (Å²) in [6.45, 7) is 18.4. The number of carbonyl (C=O) groups is 2. The average molecular weight is 400 g/mol. The van der Waals surface area contributed by atoms with Crippen molar-refractivity contribution >= 4 is 12.1 Å². The lowest BCUT2D eigenvalue weighted by Gasteiger charge is -2.46. The highest BCUT2D eigenvalue weighted by molar-refractivity contribution is 5.74. The van der Waals surface area contributed by atoms with E-state index < -0.39 is 23.3 Å². The van der Waals surface area contributed by atoms with Gasteiger partial charge in [-0.25, -0.2) is 4.79 Å². The number of amides is 1. The van der Waals surface area contributed by atoms with Crippen LogP contribution < -0.4 is 0 Å². The minimum absolute atomic E-state index is 0.0863. The van der Waals surface area contributed by atoms with E-state index in [4.69, 9.17) is 9.47 Å². The van der Waals surface area contributed by atoms with E-state index in [1.165, 1.54) is 4.90 Å². The number of hydrogen-bond donors (Lipinski definition) is 1. The van der Waals surface area contributed by atoms with Crippen LogP contribution in [0.15, 0.2) is 0 Å². The number of nitrogens with zero attached hydrogens (tertiary/aromatic N) is 1. The molecule has 2 atom stereocenters. The third-order valence-electron chi connectivity index (χ3n) is 5.04. The van der Waals surface area contributed by atoms with E-state index in [0.717, 1.165) is 6.42 Å². The Hall–Kier alpha value is -1.30. The highest BCUT2D eigenvalue weighted by atomic mass is 16.6. The van der Waals surface area contributed by atoms with Gasteiger partial charge in [0, 0.05) is 0 Å². The van der Waals surface area contributed by atoms with Crippen molar-refractivity contribution in [2.24, 2.45) is 23.7 Å². The fraction of sp³-hybridized carbons (Fsp3) is 0.909. The molecule has 28 heavy (non-hydrogen) atoms. The van der Waals surface area contributed by atoms with Crippen molar-refractivity contribution in [2.45, 2.75) is 92.5 Å². The summed E-state index contributed by atoms with van der Waals surface area (Å²) >= 11 is 0. The summed E-state index contributed by atoms with van der Waals surface area (Å²) in [5.74, 6) is 0.990. The maximum atomic E-state index is 12.6. The molecule has 0 radical (unpaired) electrons. The third kappa shape index (κ3) is 7.61. The molecule has 6 heteroatoms. The molecule has 1 aliphatic heterocycles. The van der Waals surface area contributed by atoms with Crippen LogP contribution in [0.25, 0.3) is 0 Å². The fourth-order valence-corrected chi connectivity index (χ4v) is 3.74. The first-order valence-corrected chi connectivity index (χ1v) is 10.5. The Morgan fingerprint density at radius 3 is 1.96 bits per heavy atom. The van der Waals surface area contributed by atoms with Gasteiger partial charge in [0.15, 0.2) is 0 Å². The van der Waals surface area contributed by atoms with Crippen molar-refractivity contribution in [1.29, 1.82) is 0 Å². The lowest BCUT2D eigenvalue weighted by molar-refractivity contribution is -0.169. The van der Waals surface area contributed by atoms with E-state index in [-0.39, 0.29) is 37.5 Å². The van der Waals surface area contributed by atoms with E-state index in [9.17, 15) is 14.7 Å². The van der Waals surface area contributed by atoms with Crippen LogP contribution >= 0.6 is 0 Å². The molecule has 1 aliphatic rings. The van der Waals surface area contributed by atoms with Crippen molar-refractivity contribution in [3.63, 3.8) is 0 Å². The molecule has 1 fully saturated rings. The molecule has 0 aromatic heterocycles. The molecule has 0 saturated carbocycles. The number of aliphatic hydroxyl groups is 1. The molecule has 0 aliphatic carbocycles. The number of esters is 1. The lowest BCUT2D eigenvalue weighted by Crippen LogP contribution is -2.64. The van der Waals surface area contributed by atoms with E-state index in [2.05, 4.69) is 41.5 Å². The Kier molecular flexibility index (Phi) is 8.36. The van der Waals surface area contributed by atoms with E-state index in [0.29, 0.717) is 11.8 Å². The second kappa shape index (κ2) is 9.47. The Labute approximate surface area is 171 Å². The summed E-state index contributed by atoms with van der Waals surface area (Å²) < 4.78 is 11.1. The Morgan fingerprint density at radius 2 is 1.57 bits per heavy atom. The van der Waals surface area contributed by atoms with Crippen molar-refractivity contribution < 1.29 is 24.2 Å². The van der Waals surface area contributed by atoms with Gasteiger partial charge >= 0.3 is 12.1 Å². The summed E-state index contributed by atoms with van der Waals surface area (Å²) in [5.41, 5.74) is -1.82. The van der Waals surface area contributed by atoms with Crippen LogP contribution in [0.1, 0.15) is 75.2 Å². The molecule has 6 nitrogen and oxygen atoms in total. The van der Waals surface area contributed by atoms with Crippen LogP contribution in [0, 0.1) is 23.7 Å². The van der Waals surface area contributed by atoms with Crippen molar-refractivity contribution in [1.82, 2.24) is 4.90 Å². The maximum Gasteiger partial charge on any atom is 0.410 e. The van der Waals surface area contributed by atoms with Gasteiger partial charge in [0.25, 0.3) is 0 Å². The summed E-state index contributed by atoms with van der Waals surface area (Å²) in [6.07, 6.45) is 0.231. The highest BCUT2D eigenvalue weighted by Gasteiger charge is 2.47. The molecule has 0 aromatic rings. The first kappa shape index (κ1) is 24.7. The molecule has 1 rings (SSSR count). The zero-order chi connectivity index (χ0) is 21.9. The smallest absolute Gasteiger partial charge is 0.410 e. The standard InChI is InChI=1S/C22H41NO5/c1-14(2)10-17(15(3)4)19(16(5)6)27-18(24)11-22(26)12-23(13-22)20(25)28-21(7,8)9/h14-17,19,26H,10-13H2,1-9H3. The van der Waals surface area contributed by atoms with Crippen molar-refractivity contribution in [3.8, 4) is 0 Å². The van der Waals surface area contributed by atoms with Crippen LogP contribution in [-0.2, 0) is 14.3 Å². The highest BCUT2D eigenvalue weighted by Crippen LogP contribution is 2.32. The molecule has 2 unspecified atom stereocenters.